The first kappa shape index (κ1) is 13.7. The van der Waals surface area contributed by atoms with Gasteiger partial charge in [-0.05, 0) is 49.5 Å². The minimum atomic E-state index is -0.0231. The summed E-state index contributed by atoms with van der Waals surface area (Å²) in [5.41, 5.74) is 1.59. The summed E-state index contributed by atoms with van der Waals surface area (Å²) >= 11 is 0. The maximum absolute atomic E-state index is 12.1. The SMILES string of the molecule is CCCc1cc(C(=O)NC[C@H]2CC[C@@H]3CCC[C@@H]32)n[nH]1. The molecule has 110 valence electrons. The predicted molar refractivity (Wildman–Crippen MR) is 78.5 cm³/mol. The van der Waals surface area contributed by atoms with E-state index in [9.17, 15) is 4.79 Å². The largest absolute Gasteiger partial charge is 0.350 e. The van der Waals surface area contributed by atoms with Gasteiger partial charge in [0.1, 0.15) is 5.69 Å². The van der Waals surface area contributed by atoms with Crippen LogP contribution in [0.4, 0.5) is 0 Å². The molecule has 1 amide bonds. The van der Waals surface area contributed by atoms with Crippen molar-refractivity contribution in [1.29, 1.82) is 0 Å². The number of rotatable bonds is 5. The molecule has 0 aliphatic heterocycles. The Hall–Kier alpha value is -1.32. The highest BCUT2D eigenvalue weighted by molar-refractivity contribution is 5.92. The topological polar surface area (TPSA) is 57.8 Å². The van der Waals surface area contributed by atoms with E-state index in [1.54, 1.807) is 0 Å². The number of nitrogens with one attached hydrogen (secondary N) is 2. The van der Waals surface area contributed by atoms with Crippen molar-refractivity contribution in [2.45, 2.75) is 51.9 Å². The van der Waals surface area contributed by atoms with E-state index in [1.165, 1.54) is 32.1 Å². The second kappa shape index (κ2) is 5.98. The Bertz CT molecular complexity index is 468. The Kier molecular flexibility index (Phi) is 4.08. The number of aromatic amines is 1. The Morgan fingerprint density at radius 2 is 2.30 bits per heavy atom. The molecule has 0 saturated heterocycles. The second-order valence-corrected chi connectivity index (χ2v) is 6.43. The van der Waals surface area contributed by atoms with Gasteiger partial charge in [0.25, 0.3) is 5.91 Å². The van der Waals surface area contributed by atoms with Crippen LogP contribution in [0.15, 0.2) is 6.07 Å². The van der Waals surface area contributed by atoms with Crippen LogP contribution in [0.5, 0.6) is 0 Å². The van der Waals surface area contributed by atoms with Crippen molar-refractivity contribution in [2.24, 2.45) is 17.8 Å². The molecule has 2 N–H and O–H groups in total. The van der Waals surface area contributed by atoms with Crippen molar-refractivity contribution < 1.29 is 4.79 Å². The van der Waals surface area contributed by atoms with Crippen molar-refractivity contribution in [3.63, 3.8) is 0 Å². The van der Waals surface area contributed by atoms with E-state index < -0.39 is 0 Å². The molecular formula is C16H25N3O. The van der Waals surface area contributed by atoms with E-state index in [0.717, 1.165) is 36.9 Å². The molecule has 2 aliphatic rings. The molecule has 1 aromatic rings. The fourth-order valence-electron chi connectivity index (χ4n) is 4.13. The molecule has 2 saturated carbocycles. The van der Waals surface area contributed by atoms with Gasteiger partial charge >= 0.3 is 0 Å². The van der Waals surface area contributed by atoms with Crippen molar-refractivity contribution in [3.05, 3.63) is 17.5 Å². The molecule has 0 spiro atoms. The Balaban J connectivity index is 1.51. The molecular weight excluding hydrogens is 250 g/mol. The van der Waals surface area contributed by atoms with Gasteiger partial charge in [0.15, 0.2) is 0 Å². The average Bonchev–Trinajstić information content (AvgIpc) is 3.13. The van der Waals surface area contributed by atoms with E-state index in [-0.39, 0.29) is 5.91 Å². The van der Waals surface area contributed by atoms with Crippen molar-refractivity contribution in [2.75, 3.05) is 6.54 Å². The van der Waals surface area contributed by atoms with Gasteiger partial charge in [-0.3, -0.25) is 9.89 Å². The molecule has 3 rings (SSSR count). The minimum Gasteiger partial charge on any atom is -0.350 e. The summed E-state index contributed by atoms with van der Waals surface area (Å²) in [4.78, 5) is 12.1. The maximum Gasteiger partial charge on any atom is 0.271 e. The summed E-state index contributed by atoms with van der Waals surface area (Å²) in [6, 6.07) is 1.88. The summed E-state index contributed by atoms with van der Waals surface area (Å²) in [5.74, 6) is 2.48. The highest BCUT2D eigenvalue weighted by Gasteiger charge is 2.38. The normalized spacial score (nSPS) is 28.6. The molecule has 0 unspecified atom stereocenters. The van der Waals surface area contributed by atoms with Crippen molar-refractivity contribution in [1.82, 2.24) is 15.5 Å². The van der Waals surface area contributed by atoms with Crippen LogP contribution in [-0.2, 0) is 6.42 Å². The monoisotopic (exact) mass is 275 g/mol. The first-order chi connectivity index (χ1) is 9.78. The second-order valence-electron chi connectivity index (χ2n) is 6.43. The molecule has 20 heavy (non-hydrogen) atoms. The fraction of sp³-hybridized carbons (Fsp3) is 0.750. The Labute approximate surface area is 120 Å². The van der Waals surface area contributed by atoms with Gasteiger partial charge in [0.05, 0.1) is 0 Å². The fourth-order valence-corrected chi connectivity index (χ4v) is 4.13. The quantitative estimate of drug-likeness (QED) is 0.868. The van der Waals surface area contributed by atoms with Gasteiger partial charge in [-0.1, -0.05) is 26.2 Å². The van der Waals surface area contributed by atoms with Crippen molar-refractivity contribution in [3.8, 4) is 0 Å². The number of aryl methyl sites for hydroxylation is 1. The van der Waals surface area contributed by atoms with Crippen LogP contribution in [0.25, 0.3) is 0 Å². The third kappa shape index (κ3) is 2.74. The van der Waals surface area contributed by atoms with Crippen LogP contribution in [0.2, 0.25) is 0 Å². The van der Waals surface area contributed by atoms with Crippen LogP contribution in [0.3, 0.4) is 0 Å². The van der Waals surface area contributed by atoms with Crippen LogP contribution < -0.4 is 5.32 Å². The summed E-state index contributed by atoms with van der Waals surface area (Å²) in [6.07, 6.45) is 8.84. The van der Waals surface area contributed by atoms with Crippen molar-refractivity contribution >= 4 is 5.91 Å². The number of carbonyl (C=O) groups is 1. The lowest BCUT2D eigenvalue weighted by atomic mass is 9.92. The number of fused-ring (bicyclic) bond motifs is 1. The van der Waals surface area contributed by atoms with Crippen LogP contribution >= 0.6 is 0 Å². The lowest BCUT2D eigenvalue weighted by Gasteiger charge is -2.18. The number of nitrogens with zero attached hydrogens (tertiary/aromatic N) is 1. The number of amides is 1. The van der Waals surface area contributed by atoms with Crippen LogP contribution in [-0.4, -0.2) is 22.6 Å². The Morgan fingerprint density at radius 1 is 1.40 bits per heavy atom. The van der Waals surface area contributed by atoms with E-state index in [0.29, 0.717) is 11.6 Å². The summed E-state index contributed by atoms with van der Waals surface area (Å²) in [5, 5.41) is 10.1. The number of aromatic nitrogens is 2. The van der Waals surface area contributed by atoms with E-state index in [2.05, 4.69) is 22.4 Å². The van der Waals surface area contributed by atoms with Gasteiger partial charge in [0.2, 0.25) is 0 Å². The standard InChI is InChI=1S/C16H25N3O/c1-2-4-13-9-15(19-18-13)16(20)17-10-12-8-7-11-5-3-6-14(11)12/h9,11-12,14H,2-8,10H2,1H3,(H,17,20)(H,18,19)/t11-,12+,14-/m0/s1. The lowest BCUT2D eigenvalue weighted by molar-refractivity contribution is 0.0938. The highest BCUT2D eigenvalue weighted by atomic mass is 16.1. The first-order valence-electron chi connectivity index (χ1n) is 8.10. The molecule has 0 aromatic carbocycles. The molecule has 2 fully saturated rings. The zero-order valence-corrected chi connectivity index (χ0v) is 12.3. The highest BCUT2D eigenvalue weighted by Crippen LogP contribution is 2.47. The number of hydrogen-bond acceptors (Lipinski definition) is 2. The smallest absolute Gasteiger partial charge is 0.271 e. The maximum atomic E-state index is 12.1. The van der Waals surface area contributed by atoms with E-state index >= 15 is 0 Å². The van der Waals surface area contributed by atoms with Crippen LogP contribution in [0.1, 0.15) is 61.6 Å². The number of carbonyl (C=O) groups excluding carboxylic acids is 1. The number of hydrogen-bond donors (Lipinski definition) is 2. The van der Waals surface area contributed by atoms with Crippen LogP contribution in [0, 0.1) is 17.8 Å². The van der Waals surface area contributed by atoms with Gasteiger partial charge in [-0.2, -0.15) is 5.10 Å². The van der Waals surface area contributed by atoms with E-state index in [1.807, 2.05) is 6.07 Å². The lowest BCUT2D eigenvalue weighted by Crippen LogP contribution is -2.31. The zero-order chi connectivity index (χ0) is 13.9. The molecule has 1 aromatic heterocycles. The third-order valence-corrected chi connectivity index (χ3v) is 5.14. The van der Waals surface area contributed by atoms with E-state index in [4.69, 9.17) is 0 Å². The molecule has 1 heterocycles. The van der Waals surface area contributed by atoms with Gasteiger partial charge in [-0.25, -0.2) is 0 Å². The minimum absolute atomic E-state index is 0.0231. The molecule has 3 atom stereocenters. The summed E-state index contributed by atoms with van der Waals surface area (Å²) in [7, 11) is 0. The summed E-state index contributed by atoms with van der Waals surface area (Å²) in [6.45, 7) is 2.95. The van der Waals surface area contributed by atoms with Gasteiger partial charge < -0.3 is 5.32 Å². The van der Waals surface area contributed by atoms with Gasteiger partial charge in [0, 0.05) is 12.2 Å². The summed E-state index contributed by atoms with van der Waals surface area (Å²) < 4.78 is 0. The first-order valence-corrected chi connectivity index (χ1v) is 8.10. The predicted octanol–water partition coefficient (Wildman–Crippen LogP) is 2.92. The molecule has 4 nitrogen and oxygen atoms in total. The molecule has 2 aliphatic carbocycles. The third-order valence-electron chi connectivity index (χ3n) is 5.14. The average molecular weight is 275 g/mol. The molecule has 0 radical (unpaired) electrons. The Morgan fingerprint density at radius 3 is 3.15 bits per heavy atom. The molecule has 4 heteroatoms. The number of H-pyrrole nitrogens is 1. The molecule has 0 bridgehead atoms. The van der Waals surface area contributed by atoms with Gasteiger partial charge in [-0.15, -0.1) is 0 Å². The zero-order valence-electron chi connectivity index (χ0n) is 12.3.